The molecule has 0 amide bonds. The summed E-state index contributed by atoms with van der Waals surface area (Å²) in [7, 11) is 3.82. The molecule has 0 atom stereocenters. The van der Waals surface area contributed by atoms with E-state index in [4.69, 9.17) is 5.11 Å². The molecule has 14 heavy (non-hydrogen) atoms. The van der Waals surface area contributed by atoms with Gasteiger partial charge in [0.2, 0.25) is 0 Å². The zero-order valence-electron chi connectivity index (χ0n) is 8.36. The van der Waals surface area contributed by atoms with Crippen molar-refractivity contribution in [1.29, 1.82) is 0 Å². The van der Waals surface area contributed by atoms with Crippen LogP contribution in [-0.2, 0) is 0 Å². The molecule has 1 aromatic heterocycles. The van der Waals surface area contributed by atoms with Crippen LogP contribution in [0.1, 0.15) is 12.1 Å². The predicted octanol–water partition coefficient (Wildman–Crippen LogP) is 0.277. The van der Waals surface area contributed by atoms with Gasteiger partial charge in [-0.15, -0.1) is 0 Å². The van der Waals surface area contributed by atoms with E-state index in [2.05, 4.69) is 21.8 Å². The van der Waals surface area contributed by atoms with Crippen molar-refractivity contribution in [3.05, 3.63) is 18.1 Å². The SMILES string of the molecule is CN(C)c1cc(C#CCCO)ncn1. The number of hydrogen-bond donors (Lipinski definition) is 1. The first-order valence-corrected chi connectivity index (χ1v) is 4.33. The summed E-state index contributed by atoms with van der Waals surface area (Å²) < 4.78 is 0. The summed E-state index contributed by atoms with van der Waals surface area (Å²) in [6.07, 6.45) is 1.96. The van der Waals surface area contributed by atoms with Gasteiger partial charge >= 0.3 is 0 Å². The quantitative estimate of drug-likeness (QED) is 0.682. The highest BCUT2D eigenvalue weighted by atomic mass is 16.2. The Morgan fingerprint density at radius 2 is 2.21 bits per heavy atom. The minimum absolute atomic E-state index is 0.0820. The van der Waals surface area contributed by atoms with Gasteiger partial charge in [0.1, 0.15) is 17.8 Å². The van der Waals surface area contributed by atoms with Crippen molar-refractivity contribution < 1.29 is 5.11 Å². The molecule has 1 N–H and O–H groups in total. The van der Waals surface area contributed by atoms with E-state index < -0.39 is 0 Å². The first-order chi connectivity index (χ1) is 6.74. The summed E-state index contributed by atoms with van der Waals surface area (Å²) in [5, 5.41) is 8.54. The van der Waals surface area contributed by atoms with Crippen LogP contribution in [0.3, 0.4) is 0 Å². The Morgan fingerprint density at radius 3 is 2.86 bits per heavy atom. The maximum Gasteiger partial charge on any atom is 0.132 e. The summed E-state index contributed by atoms with van der Waals surface area (Å²) in [5.41, 5.74) is 0.678. The molecule has 1 aromatic rings. The van der Waals surface area contributed by atoms with Crippen molar-refractivity contribution in [2.24, 2.45) is 0 Å². The fraction of sp³-hybridized carbons (Fsp3) is 0.400. The van der Waals surface area contributed by atoms with E-state index >= 15 is 0 Å². The third-order valence-electron chi connectivity index (χ3n) is 1.56. The molecule has 0 aromatic carbocycles. The Hall–Kier alpha value is -1.60. The average Bonchev–Trinajstić information content (AvgIpc) is 2.19. The van der Waals surface area contributed by atoms with E-state index in [-0.39, 0.29) is 6.61 Å². The van der Waals surface area contributed by atoms with Gasteiger partial charge in [-0.3, -0.25) is 0 Å². The van der Waals surface area contributed by atoms with Crippen molar-refractivity contribution in [2.45, 2.75) is 6.42 Å². The van der Waals surface area contributed by atoms with Crippen LogP contribution in [0.2, 0.25) is 0 Å². The van der Waals surface area contributed by atoms with Crippen LogP contribution in [0.5, 0.6) is 0 Å². The van der Waals surface area contributed by atoms with Gasteiger partial charge in [-0.05, 0) is 5.92 Å². The second-order valence-corrected chi connectivity index (χ2v) is 2.93. The molecule has 4 nitrogen and oxygen atoms in total. The van der Waals surface area contributed by atoms with Crippen molar-refractivity contribution in [3.63, 3.8) is 0 Å². The molecular formula is C10H13N3O. The summed E-state index contributed by atoms with van der Waals surface area (Å²) in [4.78, 5) is 9.95. The topological polar surface area (TPSA) is 49.2 Å². The van der Waals surface area contributed by atoms with Gasteiger partial charge in [0.05, 0.1) is 6.61 Å². The monoisotopic (exact) mass is 191 g/mol. The van der Waals surface area contributed by atoms with Gasteiger partial charge in [0, 0.05) is 26.6 Å². The minimum Gasteiger partial charge on any atom is -0.395 e. The molecule has 74 valence electrons. The number of nitrogens with zero attached hydrogens (tertiary/aromatic N) is 3. The summed E-state index contributed by atoms with van der Waals surface area (Å²) >= 11 is 0. The molecule has 0 aliphatic rings. The Balaban J connectivity index is 2.80. The van der Waals surface area contributed by atoms with Crippen molar-refractivity contribution >= 4 is 5.82 Å². The van der Waals surface area contributed by atoms with Crippen LogP contribution >= 0.6 is 0 Å². The highest BCUT2D eigenvalue weighted by molar-refractivity contribution is 5.41. The Kier molecular flexibility index (Phi) is 3.89. The van der Waals surface area contributed by atoms with Crippen LogP contribution in [0.4, 0.5) is 5.82 Å². The fourth-order valence-electron chi connectivity index (χ4n) is 0.869. The summed E-state index contributed by atoms with van der Waals surface area (Å²) in [6.45, 7) is 0.0820. The lowest BCUT2D eigenvalue weighted by Crippen LogP contribution is -2.10. The molecular weight excluding hydrogens is 178 g/mol. The Labute approximate surface area is 83.6 Å². The molecule has 1 heterocycles. The molecule has 0 unspecified atom stereocenters. The number of aromatic nitrogens is 2. The van der Waals surface area contributed by atoms with Gasteiger partial charge in [0.15, 0.2) is 0 Å². The van der Waals surface area contributed by atoms with Crippen LogP contribution in [-0.4, -0.2) is 35.8 Å². The highest BCUT2D eigenvalue weighted by Crippen LogP contribution is 2.05. The molecule has 0 bridgehead atoms. The standard InChI is InChI=1S/C10H13N3O/c1-13(2)10-7-9(11-8-12-10)5-3-4-6-14/h7-8,14H,4,6H2,1-2H3. The molecule has 0 aliphatic heterocycles. The highest BCUT2D eigenvalue weighted by Gasteiger charge is 1.96. The van der Waals surface area contributed by atoms with E-state index in [1.54, 1.807) is 0 Å². The number of anilines is 1. The average molecular weight is 191 g/mol. The first kappa shape index (κ1) is 10.5. The molecule has 4 heteroatoms. The van der Waals surface area contributed by atoms with Gasteiger partial charge in [-0.25, -0.2) is 9.97 Å². The first-order valence-electron chi connectivity index (χ1n) is 4.33. The van der Waals surface area contributed by atoms with Crippen molar-refractivity contribution in [3.8, 4) is 11.8 Å². The maximum absolute atomic E-state index is 8.54. The summed E-state index contributed by atoms with van der Waals surface area (Å²) in [6, 6.07) is 1.81. The molecule has 0 aliphatic carbocycles. The molecule has 0 spiro atoms. The van der Waals surface area contributed by atoms with Gasteiger partial charge in [0.25, 0.3) is 0 Å². The fourth-order valence-corrected chi connectivity index (χ4v) is 0.869. The number of aliphatic hydroxyl groups excluding tert-OH is 1. The zero-order valence-corrected chi connectivity index (χ0v) is 8.36. The second kappa shape index (κ2) is 5.20. The van der Waals surface area contributed by atoms with Gasteiger partial charge in [-0.2, -0.15) is 0 Å². The van der Waals surface area contributed by atoms with Crippen LogP contribution in [0.15, 0.2) is 12.4 Å². The molecule has 0 saturated heterocycles. The zero-order chi connectivity index (χ0) is 10.4. The van der Waals surface area contributed by atoms with Crippen LogP contribution < -0.4 is 4.90 Å². The normalized spacial score (nSPS) is 9.07. The smallest absolute Gasteiger partial charge is 0.132 e. The summed E-state index contributed by atoms with van der Waals surface area (Å²) in [5.74, 6) is 6.49. The Morgan fingerprint density at radius 1 is 1.43 bits per heavy atom. The maximum atomic E-state index is 8.54. The van der Waals surface area contributed by atoms with E-state index in [1.165, 1.54) is 6.33 Å². The van der Waals surface area contributed by atoms with E-state index in [0.717, 1.165) is 5.82 Å². The molecule has 0 saturated carbocycles. The number of aliphatic hydroxyl groups is 1. The Bertz CT molecular complexity index is 352. The van der Waals surface area contributed by atoms with Gasteiger partial charge in [-0.1, -0.05) is 5.92 Å². The second-order valence-electron chi connectivity index (χ2n) is 2.93. The van der Waals surface area contributed by atoms with E-state index in [9.17, 15) is 0 Å². The van der Waals surface area contributed by atoms with Crippen molar-refractivity contribution in [1.82, 2.24) is 9.97 Å². The number of rotatable bonds is 2. The molecule has 0 fully saturated rings. The third kappa shape index (κ3) is 3.04. The largest absolute Gasteiger partial charge is 0.395 e. The number of hydrogen-bond acceptors (Lipinski definition) is 4. The lowest BCUT2D eigenvalue weighted by atomic mass is 10.3. The molecule has 0 radical (unpaired) electrons. The van der Waals surface area contributed by atoms with Crippen molar-refractivity contribution in [2.75, 3.05) is 25.6 Å². The molecule has 1 rings (SSSR count). The predicted molar refractivity (Wildman–Crippen MR) is 54.9 cm³/mol. The van der Waals surface area contributed by atoms with E-state index in [0.29, 0.717) is 12.1 Å². The van der Waals surface area contributed by atoms with Crippen LogP contribution in [0, 0.1) is 11.8 Å². The van der Waals surface area contributed by atoms with Gasteiger partial charge < -0.3 is 10.0 Å². The third-order valence-corrected chi connectivity index (χ3v) is 1.56. The lowest BCUT2D eigenvalue weighted by Gasteiger charge is -2.09. The van der Waals surface area contributed by atoms with Crippen LogP contribution in [0.25, 0.3) is 0 Å². The lowest BCUT2D eigenvalue weighted by molar-refractivity contribution is 0.305. The minimum atomic E-state index is 0.0820. The van der Waals surface area contributed by atoms with E-state index in [1.807, 2.05) is 25.1 Å².